The summed E-state index contributed by atoms with van der Waals surface area (Å²) in [4.78, 5) is 19.6. The van der Waals surface area contributed by atoms with Gasteiger partial charge in [-0.3, -0.25) is 9.79 Å². The zero-order valence-corrected chi connectivity index (χ0v) is 16.2. The van der Waals surface area contributed by atoms with Crippen LogP contribution in [-0.2, 0) is 16.1 Å². The molecule has 2 rings (SSSR count). The van der Waals surface area contributed by atoms with Crippen LogP contribution in [0.2, 0.25) is 0 Å². The Hall–Kier alpha value is -2.28. The molecule has 0 bridgehead atoms. The molecule has 0 aliphatic carbocycles. The SMILES string of the molecule is CN=C(NCc1cccc(OCC(=O)N(C)C)c1)N(C)CC1CCOC1. The van der Waals surface area contributed by atoms with Crippen molar-refractivity contribution in [3.8, 4) is 5.75 Å². The highest BCUT2D eigenvalue weighted by molar-refractivity contribution is 5.79. The highest BCUT2D eigenvalue weighted by Gasteiger charge is 2.19. The number of carbonyl (C=O) groups is 1. The van der Waals surface area contributed by atoms with Crippen LogP contribution in [0.4, 0.5) is 0 Å². The molecule has 0 spiro atoms. The minimum absolute atomic E-state index is 0.0394. The lowest BCUT2D eigenvalue weighted by molar-refractivity contribution is -0.130. The molecule has 0 saturated carbocycles. The van der Waals surface area contributed by atoms with Gasteiger partial charge in [0.15, 0.2) is 12.6 Å². The van der Waals surface area contributed by atoms with Crippen molar-refractivity contribution in [2.24, 2.45) is 10.9 Å². The van der Waals surface area contributed by atoms with E-state index in [9.17, 15) is 4.79 Å². The van der Waals surface area contributed by atoms with Crippen molar-refractivity contribution in [2.75, 3.05) is 54.6 Å². The molecular weight excluding hydrogens is 332 g/mol. The average molecular weight is 362 g/mol. The number of hydrogen-bond acceptors (Lipinski definition) is 4. The van der Waals surface area contributed by atoms with Crippen LogP contribution in [0.1, 0.15) is 12.0 Å². The van der Waals surface area contributed by atoms with Gasteiger partial charge in [-0.15, -0.1) is 0 Å². The van der Waals surface area contributed by atoms with E-state index in [2.05, 4.69) is 15.2 Å². The van der Waals surface area contributed by atoms with E-state index in [0.29, 0.717) is 18.2 Å². The molecule has 0 radical (unpaired) electrons. The molecule has 1 fully saturated rings. The number of likely N-dealkylation sites (N-methyl/N-ethyl adjacent to an activating group) is 1. The first kappa shape index (κ1) is 20.0. The highest BCUT2D eigenvalue weighted by atomic mass is 16.5. The Bertz CT molecular complexity index is 613. The molecule has 1 saturated heterocycles. The third-order valence-electron chi connectivity index (χ3n) is 4.34. The molecule has 1 atom stereocenters. The van der Waals surface area contributed by atoms with Crippen molar-refractivity contribution < 1.29 is 14.3 Å². The van der Waals surface area contributed by atoms with Gasteiger partial charge >= 0.3 is 0 Å². The van der Waals surface area contributed by atoms with Crippen LogP contribution in [0.25, 0.3) is 0 Å². The van der Waals surface area contributed by atoms with E-state index in [1.807, 2.05) is 31.3 Å². The summed E-state index contributed by atoms with van der Waals surface area (Å²) in [6.07, 6.45) is 1.10. The number of ether oxygens (including phenoxy) is 2. The Labute approximate surface area is 156 Å². The maximum absolute atomic E-state index is 11.6. The van der Waals surface area contributed by atoms with E-state index < -0.39 is 0 Å². The molecule has 7 heteroatoms. The van der Waals surface area contributed by atoms with Crippen LogP contribution in [0, 0.1) is 5.92 Å². The largest absolute Gasteiger partial charge is 0.484 e. The van der Waals surface area contributed by atoms with Crippen LogP contribution >= 0.6 is 0 Å². The lowest BCUT2D eigenvalue weighted by Gasteiger charge is -2.24. The Morgan fingerprint density at radius 1 is 1.38 bits per heavy atom. The van der Waals surface area contributed by atoms with Crippen molar-refractivity contribution in [3.63, 3.8) is 0 Å². The second kappa shape index (κ2) is 10.0. The zero-order valence-electron chi connectivity index (χ0n) is 16.2. The third kappa shape index (κ3) is 6.22. The quantitative estimate of drug-likeness (QED) is 0.583. The number of carbonyl (C=O) groups excluding carboxylic acids is 1. The lowest BCUT2D eigenvalue weighted by Crippen LogP contribution is -2.41. The molecular formula is C19H30N4O3. The maximum Gasteiger partial charge on any atom is 0.259 e. The predicted molar refractivity (Wildman–Crippen MR) is 102 cm³/mol. The first-order valence-corrected chi connectivity index (χ1v) is 8.91. The summed E-state index contributed by atoms with van der Waals surface area (Å²) in [7, 11) is 7.26. The number of aliphatic imine (C=N–C) groups is 1. The molecule has 1 unspecified atom stereocenters. The first-order chi connectivity index (χ1) is 12.5. The Balaban J connectivity index is 1.85. The number of rotatable bonds is 7. The summed E-state index contributed by atoms with van der Waals surface area (Å²) in [5, 5.41) is 3.37. The first-order valence-electron chi connectivity index (χ1n) is 8.91. The van der Waals surface area contributed by atoms with Crippen LogP contribution in [0.3, 0.4) is 0 Å². The number of amides is 1. The molecule has 1 aromatic carbocycles. The number of guanidine groups is 1. The van der Waals surface area contributed by atoms with Gasteiger partial charge in [0.2, 0.25) is 0 Å². The van der Waals surface area contributed by atoms with Crippen LogP contribution in [0.15, 0.2) is 29.3 Å². The fraction of sp³-hybridized carbons (Fsp3) is 0.579. The van der Waals surface area contributed by atoms with Gasteiger partial charge in [0, 0.05) is 53.8 Å². The van der Waals surface area contributed by atoms with Crippen molar-refractivity contribution in [1.29, 1.82) is 0 Å². The Morgan fingerprint density at radius 2 is 2.19 bits per heavy atom. The minimum atomic E-state index is -0.0635. The second-order valence-electron chi connectivity index (χ2n) is 6.74. The molecule has 1 aliphatic rings. The summed E-state index contributed by atoms with van der Waals surface area (Å²) < 4.78 is 11.0. The smallest absolute Gasteiger partial charge is 0.259 e. The molecule has 1 N–H and O–H groups in total. The second-order valence-corrected chi connectivity index (χ2v) is 6.74. The van der Waals surface area contributed by atoms with Gasteiger partial charge in [-0.05, 0) is 24.1 Å². The van der Waals surface area contributed by atoms with E-state index in [1.54, 1.807) is 21.1 Å². The number of benzene rings is 1. The van der Waals surface area contributed by atoms with Gasteiger partial charge in [0.25, 0.3) is 5.91 Å². The summed E-state index contributed by atoms with van der Waals surface area (Å²) >= 11 is 0. The van der Waals surface area contributed by atoms with Crippen molar-refractivity contribution >= 4 is 11.9 Å². The van der Waals surface area contributed by atoms with E-state index >= 15 is 0 Å². The van der Waals surface area contributed by atoms with Gasteiger partial charge in [-0.2, -0.15) is 0 Å². The molecule has 26 heavy (non-hydrogen) atoms. The lowest BCUT2D eigenvalue weighted by atomic mass is 10.1. The predicted octanol–water partition coefficient (Wildman–Crippen LogP) is 1.20. The third-order valence-corrected chi connectivity index (χ3v) is 4.34. The minimum Gasteiger partial charge on any atom is -0.484 e. The summed E-state index contributed by atoms with van der Waals surface area (Å²) in [6, 6.07) is 7.74. The molecule has 0 aromatic heterocycles. The molecule has 1 aromatic rings. The zero-order chi connectivity index (χ0) is 18.9. The van der Waals surface area contributed by atoms with Crippen molar-refractivity contribution in [2.45, 2.75) is 13.0 Å². The van der Waals surface area contributed by atoms with Crippen LogP contribution < -0.4 is 10.1 Å². The maximum atomic E-state index is 11.6. The van der Waals surface area contributed by atoms with Gasteiger partial charge in [0.05, 0.1) is 6.61 Å². The molecule has 7 nitrogen and oxygen atoms in total. The summed E-state index contributed by atoms with van der Waals surface area (Å²) in [5.41, 5.74) is 1.07. The number of hydrogen-bond donors (Lipinski definition) is 1. The molecule has 1 aliphatic heterocycles. The summed E-state index contributed by atoms with van der Waals surface area (Å²) in [5.74, 6) is 2.04. The van der Waals surface area contributed by atoms with Gasteiger partial charge in [0.1, 0.15) is 5.75 Å². The number of nitrogens with one attached hydrogen (secondary N) is 1. The molecule has 144 valence electrons. The Morgan fingerprint density at radius 3 is 2.85 bits per heavy atom. The summed E-state index contributed by atoms with van der Waals surface area (Å²) in [6.45, 7) is 3.28. The fourth-order valence-corrected chi connectivity index (χ4v) is 2.79. The number of nitrogens with zero attached hydrogens (tertiary/aromatic N) is 3. The van der Waals surface area contributed by atoms with E-state index in [4.69, 9.17) is 9.47 Å². The average Bonchev–Trinajstić information content (AvgIpc) is 3.13. The van der Waals surface area contributed by atoms with E-state index in [1.165, 1.54) is 4.90 Å². The van der Waals surface area contributed by atoms with Crippen LogP contribution in [-0.4, -0.2) is 76.2 Å². The molecule has 1 amide bonds. The normalized spacial score (nSPS) is 17.1. The topological polar surface area (TPSA) is 66.4 Å². The highest BCUT2D eigenvalue weighted by Crippen LogP contribution is 2.15. The van der Waals surface area contributed by atoms with Gasteiger partial charge < -0.3 is 24.6 Å². The van der Waals surface area contributed by atoms with E-state index in [0.717, 1.165) is 37.7 Å². The van der Waals surface area contributed by atoms with Gasteiger partial charge in [-0.1, -0.05) is 12.1 Å². The van der Waals surface area contributed by atoms with Gasteiger partial charge in [-0.25, -0.2) is 0 Å². The fourth-order valence-electron chi connectivity index (χ4n) is 2.79. The van der Waals surface area contributed by atoms with Crippen molar-refractivity contribution in [3.05, 3.63) is 29.8 Å². The van der Waals surface area contributed by atoms with E-state index in [-0.39, 0.29) is 12.5 Å². The Kier molecular flexibility index (Phi) is 7.72. The molecule has 1 heterocycles. The van der Waals surface area contributed by atoms with Crippen molar-refractivity contribution in [1.82, 2.24) is 15.1 Å². The van der Waals surface area contributed by atoms with Crippen LogP contribution in [0.5, 0.6) is 5.75 Å². The monoisotopic (exact) mass is 362 g/mol. The standard InChI is InChI=1S/C19H30N4O3/c1-20-19(23(4)12-16-8-9-25-13-16)21-11-15-6-5-7-17(10-15)26-14-18(24)22(2)3/h5-7,10,16H,8-9,11-14H2,1-4H3,(H,20,21).